The Bertz CT molecular complexity index is 774. The van der Waals surface area contributed by atoms with Crippen LogP contribution in [0.2, 0.25) is 0 Å². The van der Waals surface area contributed by atoms with Crippen molar-refractivity contribution in [2.75, 3.05) is 32.8 Å². The minimum atomic E-state index is -3.38. The zero-order valence-electron chi connectivity index (χ0n) is 18.5. The molecule has 0 N–H and O–H groups in total. The summed E-state index contributed by atoms with van der Waals surface area (Å²) in [5, 5.41) is 0. The molecule has 6 nitrogen and oxygen atoms in total. The molecule has 31 heavy (non-hydrogen) atoms. The highest BCUT2D eigenvalue weighted by Gasteiger charge is 2.57. The lowest BCUT2D eigenvalue weighted by atomic mass is 9.89. The second-order valence-electron chi connectivity index (χ2n) is 9.13. The third kappa shape index (κ3) is 4.11. The molecule has 8 heteroatoms. The second-order valence-corrected chi connectivity index (χ2v) is 9.13. The molecule has 2 fully saturated rings. The third-order valence-electron chi connectivity index (χ3n) is 7.22. The molecule has 2 amide bonds. The maximum Gasteiger partial charge on any atom is 0.409 e. The molecule has 1 aliphatic carbocycles. The van der Waals surface area contributed by atoms with Gasteiger partial charge in [0.05, 0.1) is 6.61 Å². The van der Waals surface area contributed by atoms with Crippen molar-refractivity contribution in [3.63, 3.8) is 0 Å². The number of piperidine rings is 1. The lowest BCUT2D eigenvalue weighted by Crippen LogP contribution is -2.50. The number of alkyl halides is 2. The van der Waals surface area contributed by atoms with Crippen molar-refractivity contribution in [1.29, 1.82) is 0 Å². The van der Waals surface area contributed by atoms with E-state index < -0.39 is 11.8 Å². The minimum Gasteiger partial charge on any atom is -0.450 e. The van der Waals surface area contributed by atoms with Crippen LogP contribution in [-0.4, -0.2) is 77.5 Å². The Hall–Kier alpha value is -1.96. The van der Waals surface area contributed by atoms with E-state index in [1.807, 2.05) is 13.0 Å². The topological polar surface area (TPSA) is 53.1 Å². The van der Waals surface area contributed by atoms with Crippen molar-refractivity contribution in [2.24, 2.45) is 5.92 Å². The predicted molar refractivity (Wildman–Crippen MR) is 113 cm³/mol. The molecular weight excluding hydrogens is 404 g/mol. The van der Waals surface area contributed by atoms with Crippen molar-refractivity contribution < 1.29 is 23.1 Å². The first-order chi connectivity index (χ1) is 14.8. The average Bonchev–Trinajstić information content (AvgIpc) is 2.91. The Morgan fingerprint density at radius 2 is 1.84 bits per heavy atom. The first kappa shape index (κ1) is 22.2. The molecule has 0 aromatic rings. The molecule has 2 atom stereocenters. The van der Waals surface area contributed by atoms with Crippen LogP contribution in [0.5, 0.6) is 0 Å². The number of hydrogen-bond donors (Lipinski definition) is 0. The van der Waals surface area contributed by atoms with E-state index in [1.54, 1.807) is 17.9 Å². The van der Waals surface area contributed by atoms with Gasteiger partial charge in [-0.15, -0.1) is 0 Å². The van der Waals surface area contributed by atoms with Gasteiger partial charge in [-0.2, -0.15) is 8.78 Å². The summed E-state index contributed by atoms with van der Waals surface area (Å²) in [6, 6.07) is 0.194. The van der Waals surface area contributed by atoms with Crippen LogP contribution < -0.4 is 0 Å². The molecule has 0 radical (unpaired) electrons. The van der Waals surface area contributed by atoms with E-state index in [-0.39, 0.29) is 23.6 Å². The Morgan fingerprint density at radius 1 is 1.13 bits per heavy atom. The fourth-order valence-corrected chi connectivity index (χ4v) is 5.61. The Kier molecular flexibility index (Phi) is 6.37. The highest BCUT2D eigenvalue weighted by molar-refractivity contribution is 5.93. The van der Waals surface area contributed by atoms with Crippen LogP contribution in [0, 0.1) is 5.92 Å². The molecule has 0 bridgehead atoms. The number of rotatable bonds is 3. The number of likely N-dealkylation sites (tertiary alicyclic amines) is 2. The lowest BCUT2D eigenvalue weighted by molar-refractivity contribution is -0.149. The van der Waals surface area contributed by atoms with E-state index in [0.717, 1.165) is 32.4 Å². The van der Waals surface area contributed by atoms with Gasteiger partial charge in [-0.05, 0) is 57.4 Å². The van der Waals surface area contributed by atoms with Crippen LogP contribution in [0.15, 0.2) is 23.4 Å². The number of hydrogen-bond acceptors (Lipinski definition) is 4. The maximum absolute atomic E-state index is 14.8. The van der Waals surface area contributed by atoms with Crippen molar-refractivity contribution in [3.8, 4) is 0 Å². The standard InChI is InChI=1S/C23H33F2N3O3/c1-3-31-22(30)27-12-5-7-17(9-15-27)26-13-10-18(11-14-26)28-19-8-4-6-16(2)20(19)23(24,25)21(28)29/h4,8,16-18H,3,5-7,9-15H2,1-2H3. The fraction of sp³-hybridized carbons (Fsp3) is 0.739. The highest BCUT2D eigenvalue weighted by atomic mass is 19.3. The Morgan fingerprint density at radius 3 is 2.55 bits per heavy atom. The predicted octanol–water partition coefficient (Wildman–Crippen LogP) is 3.79. The monoisotopic (exact) mass is 437 g/mol. The van der Waals surface area contributed by atoms with Crippen LogP contribution in [0.25, 0.3) is 0 Å². The number of halogens is 2. The molecule has 2 saturated heterocycles. The van der Waals surface area contributed by atoms with Crippen LogP contribution in [0.4, 0.5) is 13.6 Å². The molecule has 2 unspecified atom stereocenters. The minimum absolute atomic E-state index is 0.00487. The number of allylic oxidation sites excluding steroid dienone is 2. The van der Waals surface area contributed by atoms with Crippen LogP contribution in [0.1, 0.15) is 52.4 Å². The molecule has 0 aromatic heterocycles. The van der Waals surface area contributed by atoms with Gasteiger partial charge in [0, 0.05) is 49.5 Å². The van der Waals surface area contributed by atoms with Gasteiger partial charge in [0.15, 0.2) is 0 Å². The first-order valence-corrected chi connectivity index (χ1v) is 11.6. The fourth-order valence-electron chi connectivity index (χ4n) is 5.61. The van der Waals surface area contributed by atoms with Gasteiger partial charge in [0.25, 0.3) is 0 Å². The molecule has 0 saturated carbocycles. The lowest BCUT2D eigenvalue weighted by Gasteiger charge is -2.40. The number of amides is 2. The SMILES string of the molecule is CCOC(=O)N1CCCC(N2CCC(N3C(=O)C(F)(F)C4=C3C=CCC4C)CC2)CC1. The van der Waals surface area contributed by atoms with Gasteiger partial charge in [0.2, 0.25) is 0 Å². The zero-order valence-corrected chi connectivity index (χ0v) is 18.5. The largest absolute Gasteiger partial charge is 0.450 e. The third-order valence-corrected chi connectivity index (χ3v) is 7.22. The number of nitrogens with zero attached hydrogens (tertiary/aromatic N) is 3. The molecule has 172 valence electrons. The summed E-state index contributed by atoms with van der Waals surface area (Å²) < 4.78 is 34.7. The van der Waals surface area contributed by atoms with Gasteiger partial charge >= 0.3 is 17.9 Å². The average molecular weight is 438 g/mol. The van der Waals surface area contributed by atoms with Gasteiger partial charge in [-0.25, -0.2) is 4.79 Å². The normalized spacial score (nSPS) is 29.9. The van der Waals surface area contributed by atoms with Gasteiger partial charge in [0.1, 0.15) is 0 Å². The Labute approximate surface area is 182 Å². The molecule has 3 aliphatic heterocycles. The van der Waals surface area contributed by atoms with Gasteiger partial charge in [-0.3, -0.25) is 4.79 Å². The smallest absolute Gasteiger partial charge is 0.409 e. The first-order valence-electron chi connectivity index (χ1n) is 11.6. The summed E-state index contributed by atoms with van der Waals surface area (Å²) in [6.45, 7) is 6.93. The molecular formula is C23H33F2N3O3. The van der Waals surface area contributed by atoms with Crippen LogP contribution in [0.3, 0.4) is 0 Å². The Balaban J connectivity index is 1.38. The quantitative estimate of drug-likeness (QED) is 0.674. The van der Waals surface area contributed by atoms with Crippen LogP contribution >= 0.6 is 0 Å². The van der Waals surface area contributed by atoms with Crippen molar-refractivity contribution in [2.45, 2.75) is 70.4 Å². The van der Waals surface area contributed by atoms with E-state index >= 15 is 0 Å². The summed E-state index contributed by atoms with van der Waals surface area (Å²) in [7, 11) is 0. The maximum atomic E-state index is 14.8. The van der Waals surface area contributed by atoms with Gasteiger partial charge in [-0.1, -0.05) is 13.0 Å². The molecule has 4 rings (SSSR count). The summed E-state index contributed by atoms with van der Waals surface area (Å²) >= 11 is 0. The molecule has 0 spiro atoms. The van der Waals surface area contributed by atoms with E-state index in [0.29, 0.717) is 50.7 Å². The van der Waals surface area contributed by atoms with Crippen molar-refractivity contribution >= 4 is 12.0 Å². The van der Waals surface area contributed by atoms with E-state index in [4.69, 9.17) is 4.74 Å². The van der Waals surface area contributed by atoms with E-state index in [2.05, 4.69) is 4.90 Å². The van der Waals surface area contributed by atoms with Crippen LogP contribution in [-0.2, 0) is 9.53 Å². The van der Waals surface area contributed by atoms with E-state index in [1.165, 1.54) is 4.90 Å². The highest BCUT2D eigenvalue weighted by Crippen LogP contribution is 2.47. The second kappa shape index (κ2) is 8.88. The molecule has 0 aromatic carbocycles. The van der Waals surface area contributed by atoms with Gasteiger partial charge < -0.3 is 19.4 Å². The summed E-state index contributed by atoms with van der Waals surface area (Å²) in [5.41, 5.74) is 0.442. The molecule has 3 heterocycles. The number of carbonyl (C=O) groups excluding carboxylic acids is 2. The summed E-state index contributed by atoms with van der Waals surface area (Å²) in [5.74, 6) is -4.74. The zero-order chi connectivity index (χ0) is 22.2. The van der Waals surface area contributed by atoms with E-state index in [9.17, 15) is 18.4 Å². The number of carbonyl (C=O) groups is 2. The molecule has 4 aliphatic rings. The summed E-state index contributed by atoms with van der Waals surface area (Å²) in [6.07, 6.45) is 8.15. The van der Waals surface area contributed by atoms with Crippen molar-refractivity contribution in [1.82, 2.24) is 14.7 Å². The van der Waals surface area contributed by atoms with Crippen molar-refractivity contribution in [3.05, 3.63) is 23.4 Å². The number of ether oxygens (including phenoxy) is 1. The summed E-state index contributed by atoms with van der Waals surface area (Å²) in [4.78, 5) is 30.3.